The first-order valence-electron chi connectivity index (χ1n) is 7.34. The highest BCUT2D eigenvalue weighted by Crippen LogP contribution is 2.33. The molecule has 0 spiro atoms. The molecule has 120 valence electrons. The van der Waals surface area contributed by atoms with Gasteiger partial charge in [-0.3, -0.25) is 0 Å². The SMILES string of the molecule is C[C@H]1Sc2nnc(-c3ccc(F)cc3)n2N=C1c1cccc(Cl)c1. The highest BCUT2D eigenvalue weighted by molar-refractivity contribution is 8.00. The highest BCUT2D eigenvalue weighted by atomic mass is 35.5. The molecule has 1 atom stereocenters. The number of hydrogen-bond acceptors (Lipinski definition) is 4. The van der Waals surface area contributed by atoms with Crippen molar-refractivity contribution >= 4 is 29.1 Å². The lowest BCUT2D eigenvalue weighted by molar-refractivity contribution is 0.628. The summed E-state index contributed by atoms with van der Waals surface area (Å²) >= 11 is 7.68. The zero-order valence-corrected chi connectivity index (χ0v) is 14.2. The van der Waals surface area contributed by atoms with E-state index < -0.39 is 0 Å². The van der Waals surface area contributed by atoms with E-state index in [4.69, 9.17) is 16.7 Å². The van der Waals surface area contributed by atoms with Gasteiger partial charge in [0.15, 0.2) is 5.82 Å². The van der Waals surface area contributed by atoms with Crippen molar-refractivity contribution in [3.05, 3.63) is 64.9 Å². The van der Waals surface area contributed by atoms with Crippen molar-refractivity contribution < 1.29 is 4.39 Å². The largest absolute Gasteiger partial charge is 0.213 e. The normalized spacial score (nSPS) is 16.6. The van der Waals surface area contributed by atoms with Gasteiger partial charge in [0.25, 0.3) is 0 Å². The van der Waals surface area contributed by atoms with Gasteiger partial charge < -0.3 is 0 Å². The molecule has 7 heteroatoms. The Morgan fingerprint density at radius 2 is 1.88 bits per heavy atom. The fourth-order valence-electron chi connectivity index (χ4n) is 2.55. The highest BCUT2D eigenvalue weighted by Gasteiger charge is 2.26. The number of fused-ring (bicyclic) bond motifs is 1. The second kappa shape index (κ2) is 6.03. The number of halogens is 2. The molecule has 1 aromatic heterocycles. The Morgan fingerprint density at radius 3 is 2.62 bits per heavy atom. The predicted octanol–water partition coefficient (Wildman–Crippen LogP) is 4.48. The van der Waals surface area contributed by atoms with E-state index in [-0.39, 0.29) is 11.1 Å². The van der Waals surface area contributed by atoms with Crippen LogP contribution in [0.25, 0.3) is 11.4 Å². The zero-order valence-electron chi connectivity index (χ0n) is 12.6. The van der Waals surface area contributed by atoms with Crippen LogP contribution in [0.2, 0.25) is 5.02 Å². The molecule has 4 rings (SSSR count). The molecule has 0 saturated carbocycles. The van der Waals surface area contributed by atoms with E-state index in [0.717, 1.165) is 16.8 Å². The van der Waals surface area contributed by atoms with Crippen molar-refractivity contribution in [2.24, 2.45) is 5.10 Å². The van der Waals surface area contributed by atoms with Crippen LogP contribution in [-0.2, 0) is 0 Å². The van der Waals surface area contributed by atoms with E-state index in [1.165, 1.54) is 12.1 Å². The van der Waals surface area contributed by atoms with Gasteiger partial charge in [0.05, 0.1) is 11.0 Å². The van der Waals surface area contributed by atoms with Crippen LogP contribution in [0.15, 0.2) is 58.8 Å². The number of aromatic nitrogens is 3. The lowest BCUT2D eigenvalue weighted by atomic mass is 10.1. The van der Waals surface area contributed by atoms with Gasteiger partial charge in [-0.05, 0) is 43.3 Å². The van der Waals surface area contributed by atoms with Crippen molar-refractivity contribution in [1.29, 1.82) is 0 Å². The summed E-state index contributed by atoms with van der Waals surface area (Å²) in [5, 5.41) is 14.7. The van der Waals surface area contributed by atoms with E-state index in [2.05, 4.69) is 17.1 Å². The first-order valence-corrected chi connectivity index (χ1v) is 8.60. The molecule has 1 aliphatic heterocycles. The smallest absolute Gasteiger partial charge is 0.207 e. The van der Waals surface area contributed by atoms with Crippen molar-refractivity contribution in [1.82, 2.24) is 14.9 Å². The number of thioether (sulfide) groups is 1. The molecule has 0 unspecified atom stereocenters. The summed E-state index contributed by atoms with van der Waals surface area (Å²) < 4.78 is 14.9. The molecule has 0 bridgehead atoms. The zero-order chi connectivity index (χ0) is 16.7. The first kappa shape index (κ1) is 15.4. The average Bonchev–Trinajstić information content (AvgIpc) is 2.97. The van der Waals surface area contributed by atoms with Gasteiger partial charge in [-0.15, -0.1) is 10.2 Å². The minimum absolute atomic E-state index is 0.126. The Morgan fingerprint density at radius 1 is 1.08 bits per heavy atom. The monoisotopic (exact) mass is 358 g/mol. The maximum atomic E-state index is 13.2. The quantitative estimate of drug-likeness (QED) is 0.678. The third-order valence-electron chi connectivity index (χ3n) is 3.71. The summed E-state index contributed by atoms with van der Waals surface area (Å²) in [6, 6.07) is 13.8. The maximum Gasteiger partial charge on any atom is 0.213 e. The van der Waals surface area contributed by atoms with Gasteiger partial charge in [-0.2, -0.15) is 9.78 Å². The summed E-state index contributed by atoms with van der Waals surface area (Å²) in [4.78, 5) is 0. The number of hydrogen-bond donors (Lipinski definition) is 0. The Labute approximate surface area is 147 Å². The summed E-state index contributed by atoms with van der Waals surface area (Å²) in [5.74, 6) is 0.298. The van der Waals surface area contributed by atoms with E-state index in [1.807, 2.05) is 24.3 Å². The molecule has 0 amide bonds. The fraction of sp³-hybridized carbons (Fsp3) is 0.118. The van der Waals surface area contributed by atoms with Crippen molar-refractivity contribution in [3.8, 4) is 11.4 Å². The van der Waals surface area contributed by atoms with Crippen molar-refractivity contribution in [3.63, 3.8) is 0 Å². The van der Waals surface area contributed by atoms with Gasteiger partial charge in [-0.1, -0.05) is 35.5 Å². The van der Waals surface area contributed by atoms with Crippen LogP contribution < -0.4 is 0 Å². The average molecular weight is 359 g/mol. The van der Waals surface area contributed by atoms with Crippen LogP contribution in [0.4, 0.5) is 4.39 Å². The van der Waals surface area contributed by atoms with E-state index in [1.54, 1.807) is 28.6 Å². The van der Waals surface area contributed by atoms with Crippen LogP contribution in [0, 0.1) is 5.82 Å². The summed E-state index contributed by atoms with van der Waals surface area (Å²) in [5.41, 5.74) is 2.63. The Balaban J connectivity index is 1.83. The van der Waals surface area contributed by atoms with Crippen LogP contribution in [-0.4, -0.2) is 25.8 Å². The predicted molar refractivity (Wildman–Crippen MR) is 94.1 cm³/mol. The standard InChI is InChI=1S/C17H12ClFN4S/c1-10-15(12-3-2-4-13(18)9-12)22-23-16(20-21-17(23)24-10)11-5-7-14(19)8-6-11/h2-10H,1H3/t10-/m1/s1. The molecule has 0 fully saturated rings. The molecule has 0 saturated heterocycles. The lowest BCUT2D eigenvalue weighted by Gasteiger charge is -2.20. The van der Waals surface area contributed by atoms with Gasteiger partial charge in [0.2, 0.25) is 5.16 Å². The molecule has 1 aliphatic rings. The third-order valence-corrected chi connectivity index (χ3v) is 4.99. The van der Waals surface area contributed by atoms with Gasteiger partial charge >= 0.3 is 0 Å². The maximum absolute atomic E-state index is 13.2. The van der Waals surface area contributed by atoms with Gasteiger partial charge in [-0.25, -0.2) is 4.39 Å². The molecule has 4 nitrogen and oxygen atoms in total. The van der Waals surface area contributed by atoms with Crippen LogP contribution in [0.3, 0.4) is 0 Å². The summed E-state index contributed by atoms with van der Waals surface area (Å²) in [6.07, 6.45) is 0. The van der Waals surface area contributed by atoms with Gasteiger partial charge in [0.1, 0.15) is 5.82 Å². The lowest BCUT2D eigenvalue weighted by Crippen LogP contribution is -2.21. The first-order chi connectivity index (χ1) is 11.6. The van der Waals surface area contributed by atoms with Crippen molar-refractivity contribution in [2.75, 3.05) is 0 Å². The Kier molecular flexibility index (Phi) is 3.86. The van der Waals surface area contributed by atoms with Crippen LogP contribution in [0.5, 0.6) is 0 Å². The Bertz CT molecular complexity index is 936. The topological polar surface area (TPSA) is 43.1 Å². The van der Waals surface area contributed by atoms with Crippen molar-refractivity contribution in [2.45, 2.75) is 17.3 Å². The number of nitrogens with zero attached hydrogens (tertiary/aromatic N) is 4. The molecular formula is C17H12ClFN4S. The number of benzene rings is 2. The summed E-state index contributed by atoms with van der Waals surface area (Å²) in [7, 11) is 0. The molecule has 0 N–H and O–H groups in total. The Hall–Kier alpha value is -2.18. The van der Waals surface area contributed by atoms with Crippen LogP contribution >= 0.6 is 23.4 Å². The second-order valence-electron chi connectivity index (χ2n) is 5.38. The fourth-order valence-corrected chi connectivity index (χ4v) is 3.67. The molecule has 0 radical (unpaired) electrons. The summed E-state index contributed by atoms with van der Waals surface area (Å²) in [6.45, 7) is 2.07. The molecule has 0 aliphatic carbocycles. The second-order valence-corrected chi connectivity index (χ2v) is 7.12. The van der Waals surface area contributed by atoms with Crippen LogP contribution in [0.1, 0.15) is 12.5 Å². The van der Waals surface area contributed by atoms with E-state index in [0.29, 0.717) is 16.0 Å². The van der Waals surface area contributed by atoms with E-state index in [9.17, 15) is 4.39 Å². The molecule has 2 heterocycles. The van der Waals surface area contributed by atoms with E-state index >= 15 is 0 Å². The number of rotatable bonds is 2. The molecule has 24 heavy (non-hydrogen) atoms. The molecule has 2 aromatic carbocycles. The molecular weight excluding hydrogens is 347 g/mol. The molecule has 3 aromatic rings. The van der Waals surface area contributed by atoms with Gasteiger partial charge in [0, 0.05) is 16.1 Å². The third kappa shape index (κ3) is 2.72. The minimum Gasteiger partial charge on any atom is -0.207 e. The minimum atomic E-state index is -0.289.